The highest BCUT2D eigenvalue weighted by molar-refractivity contribution is 5.93. The van der Waals surface area contributed by atoms with Crippen LogP contribution in [0.5, 0.6) is 11.5 Å². The van der Waals surface area contributed by atoms with Crippen molar-refractivity contribution in [3.8, 4) is 22.6 Å². The number of rotatable bonds is 9. The molecule has 0 radical (unpaired) electrons. The molecular formula is C25H22O7. The molecule has 0 aromatic heterocycles. The first-order chi connectivity index (χ1) is 15.5. The predicted octanol–water partition coefficient (Wildman–Crippen LogP) is 4.67. The SMILES string of the molecule is COC=C(Oc1ccc(-c2ccc(OCc3ccccc3)cc2)cc1C(=O)O)C(=O)OC. The zero-order valence-corrected chi connectivity index (χ0v) is 17.6. The number of carbonyl (C=O) groups excluding carboxylic acids is 1. The molecule has 0 aliphatic carbocycles. The summed E-state index contributed by atoms with van der Waals surface area (Å²) < 4.78 is 20.7. The largest absolute Gasteiger partial charge is 0.500 e. The standard InChI is InChI=1S/C25H22O7/c1-29-16-23(25(28)30-2)32-22-13-10-19(14-21(22)24(26)27)18-8-11-20(12-9-18)31-15-17-6-4-3-5-7-17/h3-14,16H,15H2,1-2H3,(H,26,27). The van der Waals surface area contributed by atoms with Crippen molar-refractivity contribution in [1.82, 2.24) is 0 Å². The lowest BCUT2D eigenvalue weighted by Gasteiger charge is -2.12. The fraction of sp³-hybridized carbons (Fsp3) is 0.120. The lowest BCUT2D eigenvalue weighted by Crippen LogP contribution is -2.13. The van der Waals surface area contributed by atoms with Crippen molar-refractivity contribution in [2.75, 3.05) is 14.2 Å². The summed E-state index contributed by atoms with van der Waals surface area (Å²) in [4.78, 5) is 23.6. The Kier molecular flexibility index (Phi) is 7.48. The number of hydrogen-bond donors (Lipinski definition) is 1. The van der Waals surface area contributed by atoms with Gasteiger partial charge in [-0.2, -0.15) is 0 Å². The summed E-state index contributed by atoms with van der Waals surface area (Å²) in [6.45, 7) is 0.451. The van der Waals surface area contributed by atoms with Crippen molar-refractivity contribution in [3.63, 3.8) is 0 Å². The van der Waals surface area contributed by atoms with Crippen LogP contribution in [0.2, 0.25) is 0 Å². The highest BCUT2D eigenvalue weighted by Gasteiger charge is 2.19. The second kappa shape index (κ2) is 10.7. The number of methoxy groups -OCH3 is 2. The molecule has 164 valence electrons. The third kappa shape index (κ3) is 5.66. The summed E-state index contributed by atoms with van der Waals surface area (Å²) in [5, 5.41) is 9.63. The van der Waals surface area contributed by atoms with Gasteiger partial charge in [-0.25, -0.2) is 9.59 Å². The Morgan fingerprint density at radius 2 is 1.59 bits per heavy atom. The molecule has 0 saturated heterocycles. The van der Waals surface area contributed by atoms with E-state index in [1.807, 2.05) is 54.6 Å². The normalized spacial score (nSPS) is 10.9. The first-order valence-electron chi connectivity index (χ1n) is 9.65. The van der Waals surface area contributed by atoms with Crippen LogP contribution < -0.4 is 9.47 Å². The molecule has 0 bridgehead atoms. The number of esters is 1. The highest BCUT2D eigenvalue weighted by atomic mass is 16.6. The maximum absolute atomic E-state index is 11.8. The molecule has 7 nitrogen and oxygen atoms in total. The minimum Gasteiger partial charge on any atom is -0.500 e. The summed E-state index contributed by atoms with van der Waals surface area (Å²) in [7, 11) is 2.52. The number of carboxylic acids is 1. The molecule has 0 unspecified atom stereocenters. The summed E-state index contributed by atoms with van der Waals surface area (Å²) in [6.07, 6.45) is 1.04. The second-order valence-electron chi connectivity index (χ2n) is 6.63. The van der Waals surface area contributed by atoms with Crippen LogP contribution in [-0.4, -0.2) is 31.3 Å². The first-order valence-corrected chi connectivity index (χ1v) is 9.65. The van der Waals surface area contributed by atoms with Crippen LogP contribution in [0.1, 0.15) is 15.9 Å². The van der Waals surface area contributed by atoms with Crippen molar-refractivity contribution in [2.45, 2.75) is 6.61 Å². The van der Waals surface area contributed by atoms with E-state index >= 15 is 0 Å². The Balaban J connectivity index is 1.79. The molecule has 0 spiro atoms. The van der Waals surface area contributed by atoms with Crippen LogP contribution in [-0.2, 0) is 20.9 Å². The van der Waals surface area contributed by atoms with Crippen molar-refractivity contribution in [2.24, 2.45) is 0 Å². The summed E-state index contributed by atoms with van der Waals surface area (Å²) in [5.41, 5.74) is 2.41. The first kappa shape index (κ1) is 22.4. The van der Waals surface area contributed by atoms with Crippen LogP contribution in [0.3, 0.4) is 0 Å². The van der Waals surface area contributed by atoms with Gasteiger partial charge in [0.1, 0.15) is 29.9 Å². The molecule has 0 heterocycles. The fourth-order valence-corrected chi connectivity index (χ4v) is 2.89. The van der Waals surface area contributed by atoms with Crippen molar-refractivity contribution < 1.29 is 33.6 Å². The van der Waals surface area contributed by atoms with Crippen LogP contribution in [0, 0.1) is 0 Å². The Bertz CT molecular complexity index is 1100. The van der Waals surface area contributed by atoms with Crippen LogP contribution in [0.4, 0.5) is 0 Å². The van der Waals surface area contributed by atoms with Gasteiger partial charge in [0.2, 0.25) is 5.76 Å². The van der Waals surface area contributed by atoms with Gasteiger partial charge in [-0.3, -0.25) is 0 Å². The number of carboxylic acid groups (broad SMARTS) is 1. The minimum absolute atomic E-state index is 0.0160. The van der Waals surface area contributed by atoms with Gasteiger partial charge < -0.3 is 24.1 Å². The van der Waals surface area contributed by atoms with Gasteiger partial charge in [0, 0.05) is 0 Å². The highest BCUT2D eigenvalue weighted by Crippen LogP contribution is 2.29. The Hall–Kier alpha value is -4.26. The van der Waals surface area contributed by atoms with E-state index in [0.717, 1.165) is 17.4 Å². The smallest absolute Gasteiger partial charge is 0.377 e. The van der Waals surface area contributed by atoms with Crippen LogP contribution in [0.15, 0.2) is 84.8 Å². The number of hydrogen-bond acceptors (Lipinski definition) is 6. The molecule has 32 heavy (non-hydrogen) atoms. The molecular weight excluding hydrogens is 412 g/mol. The van der Waals surface area contributed by atoms with E-state index in [1.165, 1.54) is 26.4 Å². The second-order valence-corrected chi connectivity index (χ2v) is 6.63. The molecule has 7 heteroatoms. The average Bonchev–Trinajstić information content (AvgIpc) is 2.83. The monoisotopic (exact) mass is 434 g/mol. The number of benzene rings is 3. The summed E-state index contributed by atoms with van der Waals surface area (Å²) in [6, 6.07) is 21.8. The Labute approximate surface area is 185 Å². The zero-order chi connectivity index (χ0) is 22.9. The van der Waals surface area contributed by atoms with Crippen molar-refractivity contribution in [1.29, 1.82) is 0 Å². The minimum atomic E-state index is -1.20. The van der Waals surface area contributed by atoms with Gasteiger partial charge in [-0.05, 0) is 41.0 Å². The zero-order valence-electron chi connectivity index (χ0n) is 17.6. The van der Waals surface area contributed by atoms with E-state index in [1.54, 1.807) is 6.07 Å². The molecule has 0 saturated carbocycles. The van der Waals surface area contributed by atoms with E-state index < -0.39 is 11.9 Å². The molecule has 0 atom stereocenters. The van der Waals surface area contributed by atoms with Gasteiger partial charge >= 0.3 is 11.9 Å². The topological polar surface area (TPSA) is 91.3 Å². The van der Waals surface area contributed by atoms with Crippen LogP contribution in [0.25, 0.3) is 11.1 Å². The van der Waals surface area contributed by atoms with E-state index in [-0.39, 0.29) is 17.1 Å². The van der Waals surface area contributed by atoms with Crippen molar-refractivity contribution in [3.05, 3.63) is 95.9 Å². The molecule has 0 fully saturated rings. The van der Waals surface area contributed by atoms with Gasteiger partial charge in [0.05, 0.1) is 14.2 Å². The molecule has 0 aliphatic heterocycles. The maximum atomic E-state index is 11.8. The number of aromatic carboxylic acids is 1. The van der Waals surface area contributed by atoms with E-state index in [2.05, 4.69) is 4.74 Å². The Morgan fingerprint density at radius 1 is 0.906 bits per heavy atom. The third-order valence-corrected chi connectivity index (χ3v) is 4.48. The molecule has 1 N–H and O–H groups in total. The number of carbonyl (C=O) groups is 2. The third-order valence-electron chi connectivity index (χ3n) is 4.48. The molecule has 3 rings (SSSR count). The average molecular weight is 434 g/mol. The lowest BCUT2D eigenvalue weighted by molar-refractivity contribution is -0.138. The maximum Gasteiger partial charge on any atom is 0.377 e. The Morgan fingerprint density at radius 3 is 2.22 bits per heavy atom. The summed E-state index contributed by atoms with van der Waals surface area (Å²) >= 11 is 0. The van der Waals surface area contributed by atoms with E-state index in [0.29, 0.717) is 17.9 Å². The van der Waals surface area contributed by atoms with Gasteiger partial charge in [0.15, 0.2) is 0 Å². The van der Waals surface area contributed by atoms with Gasteiger partial charge in [0.25, 0.3) is 0 Å². The van der Waals surface area contributed by atoms with E-state index in [4.69, 9.17) is 14.2 Å². The number of ether oxygens (including phenoxy) is 4. The van der Waals surface area contributed by atoms with E-state index in [9.17, 15) is 14.7 Å². The van der Waals surface area contributed by atoms with Gasteiger partial charge in [-0.15, -0.1) is 0 Å². The molecule has 3 aromatic carbocycles. The predicted molar refractivity (Wildman–Crippen MR) is 117 cm³/mol. The van der Waals surface area contributed by atoms with Crippen molar-refractivity contribution >= 4 is 11.9 Å². The molecule has 0 aliphatic rings. The summed E-state index contributed by atoms with van der Waals surface area (Å²) in [5.74, 6) is -1.59. The molecule has 0 amide bonds. The quantitative estimate of drug-likeness (QED) is 0.297. The lowest BCUT2D eigenvalue weighted by atomic mass is 10.0. The van der Waals surface area contributed by atoms with Gasteiger partial charge in [-0.1, -0.05) is 48.5 Å². The molecule has 3 aromatic rings. The van der Waals surface area contributed by atoms with Crippen LogP contribution >= 0.6 is 0 Å². The fourth-order valence-electron chi connectivity index (χ4n) is 2.89.